The Balaban J connectivity index is 2.20. The topological polar surface area (TPSA) is 46.3 Å². The Morgan fingerprint density at radius 1 is 1.73 bits per heavy atom. The number of carbonyl (C=O) groups is 1. The van der Waals surface area contributed by atoms with Gasteiger partial charge in [-0.05, 0) is 12.8 Å². The van der Waals surface area contributed by atoms with Crippen LogP contribution in [0.3, 0.4) is 0 Å². The van der Waals surface area contributed by atoms with Crippen LogP contribution >= 0.6 is 11.6 Å². The molecule has 1 amide bonds. The molecule has 2 rings (SSSR count). The van der Waals surface area contributed by atoms with Gasteiger partial charge in [0.05, 0.1) is 6.04 Å². The van der Waals surface area contributed by atoms with E-state index in [0.29, 0.717) is 0 Å². The van der Waals surface area contributed by atoms with Crippen LogP contribution in [0.1, 0.15) is 12.8 Å². The number of hydrogen-bond acceptors (Lipinski definition) is 2. The lowest BCUT2D eigenvalue weighted by Crippen LogP contribution is -2.67. The molecule has 0 radical (unpaired) electrons. The second-order valence-electron chi connectivity index (χ2n) is 2.95. The fourth-order valence-corrected chi connectivity index (χ4v) is 1.78. The van der Waals surface area contributed by atoms with Crippen molar-refractivity contribution in [2.24, 2.45) is 5.73 Å². The van der Waals surface area contributed by atoms with Crippen LogP contribution < -0.4 is 5.73 Å². The maximum absolute atomic E-state index is 11.0. The number of amides is 1. The Labute approximate surface area is 69.8 Å². The number of fused-ring (bicyclic) bond motifs is 1. The average molecular weight is 173 g/mol. The van der Waals surface area contributed by atoms with Crippen LogP contribution in [-0.4, -0.2) is 22.9 Å². The molecule has 60 valence electrons. The highest BCUT2D eigenvalue weighted by atomic mass is 35.5. The summed E-state index contributed by atoms with van der Waals surface area (Å²) in [6.07, 6.45) is 3.45. The predicted octanol–water partition coefficient (Wildman–Crippen LogP) is 0.398. The monoisotopic (exact) mass is 172 g/mol. The number of carbonyl (C=O) groups excluding carboxylic acids is 1. The van der Waals surface area contributed by atoms with Crippen LogP contribution in [0.2, 0.25) is 0 Å². The van der Waals surface area contributed by atoms with E-state index in [1.54, 1.807) is 11.1 Å². The van der Waals surface area contributed by atoms with Crippen molar-refractivity contribution in [2.75, 3.05) is 0 Å². The molecule has 2 aliphatic rings. The first-order valence-corrected chi connectivity index (χ1v) is 4.02. The van der Waals surface area contributed by atoms with E-state index in [-0.39, 0.29) is 18.0 Å². The molecule has 1 fully saturated rings. The van der Waals surface area contributed by atoms with Gasteiger partial charge in [-0.25, -0.2) is 0 Å². The molecule has 2 aliphatic heterocycles. The number of allylic oxidation sites excluding steroid dienone is 1. The summed E-state index contributed by atoms with van der Waals surface area (Å²) in [4.78, 5) is 12.7. The molecule has 1 unspecified atom stereocenters. The van der Waals surface area contributed by atoms with E-state index in [1.165, 1.54) is 0 Å². The number of nitrogens with two attached hydrogens (primary N) is 1. The van der Waals surface area contributed by atoms with Gasteiger partial charge in [0.25, 0.3) is 0 Å². The summed E-state index contributed by atoms with van der Waals surface area (Å²) in [5.41, 5.74) is 5.56. The van der Waals surface area contributed by atoms with Crippen molar-refractivity contribution < 1.29 is 4.79 Å². The first kappa shape index (κ1) is 7.13. The molecule has 0 aromatic rings. The number of nitrogens with zero attached hydrogens (tertiary/aromatic N) is 1. The van der Waals surface area contributed by atoms with E-state index < -0.39 is 0 Å². The van der Waals surface area contributed by atoms with Crippen LogP contribution in [0.4, 0.5) is 0 Å². The SMILES string of the molecule is NC1C(=O)N2C=C(Cl)CC[C@H]12. The molecule has 2 atom stereocenters. The van der Waals surface area contributed by atoms with Crippen molar-refractivity contribution in [2.45, 2.75) is 24.9 Å². The lowest BCUT2D eigenvalue weighted by atomic mass is 9.90. The quantitative estimate of drug-likeness (QED) is 0.538. The minimum absolute atomic E-state index is 0.00662. The highest BCUT2D eigenvalue weighted by molar-refractivity contribution is 6.29. The van der Waals surface area contributed by atoms with Crippen molar-refractivity contribution in [1.29, 1.82) is 0 Å². The van der Waals surface area contributed by atoms with E-state index in [1.807, 2.05) is 0 Å². The molecule has 0 saturated carbocycles. The van der Waals surface area contributed by atoms with Gasteiger partial charge >= 0.3 is 0 Å². The van der Waals surface area contributed by atoms with Crippen molar-refractivity contribution >= 4 is 17.5 Å². The van der Waals surface area contributed by atoms with E-state index in [9.17, 15) is 4.79 Å². The van der Waals surface area contributed by atoms with Gasteiger partial charge in [0.2, 0.25) is 5.91 Å². The Morgan fingerprint density at radius 3 is 3.18 bits per heavy atom. The van der Waals surface area contributed by atoms with E-state index in [2.05, 4.69) is 0 Å². The van der Waals surface area contributed by atoms with Crippen molar-refractivity contribution in [1.82, 2.24) is 4.90 Å². The molecule has 4 heteroatoms. The van der Waals surface area contributed by atoms with Gasteiger partial charge in [-0.1, -0.05) is 11.6 Å². The lowest BCUT2D eigenvalue weighted by molar-refractivity contribution is -0.145. The fraction of sp³-hybridized carbons (Fsp3) is 0.571. The maximum Gasteiger partial charge on any atom is 0.245 e. The fourth-order valence-electron chi connectivity index (χ4n) is 1.57. The zero-order chi connectivity index (χ0) is 8.01. The van der Waals surface area contributed by atoms with Crippen LogP contribution in [-0.2, 0) is 4.79 Å². The van der Waals surface area contributed by atoms with Gasteiger partial charge in [-0.2, -0.15) is 0 Å². The van der Waals surface area contributed by atoms with Gasteiger partial charge in [-0.15, -0.1) is 0 Å². The number of rotatable bonds is 0. The summed E-state index contributed by atoms with van der Waals surface area (Å²) in [7, 11) is 0. The van der Waals surface area contributed by atoms with Crippen LogP contribution in [0.25, 0.3) is 0 Å². The predicted molar refractivity (Wildman–Crippen MR) is 41.8 cm³/mol. The Kier molecular flexibility index (Phi) is 1.44. The molecule has 2 N–H and O–H groups in total. The third kappa shape index (κ3) is 0.880. The Morgan fingerprint density at radius 2 is 2.45 bits per heavy atom. The molecule has 1 saturated heterocycles. The average Bonchev–Trinajstić information content (AvgIpc) is 2.03. The van der Waals surface area contributed by atoms with Crippen LogP contribution in [0.5, 0.6) is 0 Å². The molecule has 0 bridgehead atoms. The van der Waals surface area contributed by atoms with Gasteiger partial charge in [-0.3, -0.25) is 4.79 Å². The molecule has 3 nitrogen and oxygen atoms in total. The molecule has 2 heterocycles. The van der Waals surface area contributed by atoms with Gasteiger partial charge < -0.3 is 10.6 Å². The largest absolute Gasteiger partial charge is 0.318 e. The number of β-lactam (4-membered cyclic amide) rings is 1. The van der Waals surface area contributed by atoms with E-state index >= 15 is 0 Å². The second kappa shape index (κ2) is 2.22. The summed E-state index contributed by atoms with van der Waals surface area (Å²) in [6.45, 7) is 0. The third-order valence-electron chi connectivity index (χ3n) is 2.27. The molecule has 0 aromatic carbocycles. The zero-order valence-corrected chi connectivity index (χ0v) is 6.71. The van der Waals surface area contributed by atoms with Crippen molar-refractivity contribution in [3.8, 4) is 0 Å². The normalized spacial score (nSPS) is 36.0. The van der Waals surface area contributed by atoms with E-state index in [0.717, 1.165) is 17.9 Å². The molecule has 0 spiro atoms. The molecular weight excluding hydrogens is 164 g/mol. The van der Waals surface area contributed by atoms with Crippen LogP contribution in [0.15, 0.2) is 11.2 Å². The van der Waals surface area contributed by atoms with Crippen LogP contribution in [0, 0.1) is 0 Å². The summed E-state index contributed by atoms with van der Waals surface area (Å²) < 4.78 is 0. The van der Waals surface area contributed by atoms with Crippen molar-refractivity contribution in [3.05, 3.63) is 11.2 Å². The standard InChI is InChI=1S/C7H9ClN2O/c8-4-1-2-5-6(9)7(11)10(5)3-4/h3,5-6H,1-2,9H2/t5-,6?/m1/s1. The Bertz CT molecular complexity index is 239. The molecular formula is C7H9ClN2O. The van der Waals surface area contributed by atoms with Crippen molar-refractivity contribution in [3.63, 3.8) is 0 Å². The zero-order valence-electron chi connectivity index (χ0n) is 5.96. The van der Waals surface area contributed by atoms with E-state index in [4.69, 9.17) is 17.3 Å². The Hall–Kier alpha value is -0.540. The second-order valence-corrected chi connectivity index (χ2v) is 3.44. The van der Waals surface area contributed by atoms with Gasteiger partial charge in [0.15, 0.2) is 0 Å². The first-order valence-electron chi connectivity index (χ1n) is 3.64. The number of hydrogen-bond donors (Lipinski definition) is 1. The van der Waals surface area contributed by atoms with Gasteiger partial charge in [0.1, 0.15) is 6.04 Å². The minimum atomic E-state index is -0.281. The smallest absolute Gasteiger partial charge is 0.245 e. The molecule has 0 aliphatic carbocycles. The summed E-state index contributed by atoms with van der Waals surface area (Å²) >= 11 is 5.75. The molecule has 11 heavy (non-hydrogen) atoms. The molecule has 0 aromatic heterocycles. The highest BCUT2D eigenvalue weighted by Gasteiger charge is 2.45. The summed E-state index contributed by atoms with van der Waals surface area (Å²) in [6, 6.07) is -0.0685. The van der Waals surface area contributed by atoms with Gasteiger partial charge in [0, 0.05) is 11.2 Å². The summed E-state index contributed by atoms with van der Waals surface area (Å²) in [5, 5.41) is 0.751. The maximum atomic E-state index is 11.0. The third-order valence-corrected chi connectivity index (χ3v) is 2.56. The number of halogens is 1. The summed E-state index contributed by atoms with van der Waals surface area (Å²) in [5.74, 6) is -0.00662. The lowest BCUT2D eigenvalue weighted by Gasteiger charge is -2.45. The minimum Gasteiger partial charge on any atom is -0.318 e. The highest BCUT2D eigenvalue weighted by Crippen LogP contribution is 2.31. The first-order chi connectivity index (χ1) is 5.20.